The number of nitrogens with zero attached hydrogens (tertiary/aromatic N) is 3. The molecule has 138 valence electrons. The SMILES string of the molecule is Cc1nc(Nc2ccc(N(C)C)cc2)cc(Nc2ccccc2C(=O)O)n1. The molecule has 0 radical (unpaired) electrons. The van der Waals surface area contributed by atoms with Crippen molar-refractivity contribution >= 4 is 34.7 Å². The first-order valence-corrected chi connectivity index (χ1v) is 8.42. The van der Waals surface area contributed by atoms with Crippen molar-refractivity contribution in [2.75, 3.05) is 29.6 Å². The summed E-state index contributed by atoms with van der Waals surface area (Å²) in [6.45, 7) is 1.79. The minimum Gasteiger partial charge on any atom is -0.478 e. The summed E-state index contributed by atoms with van der Waals surface area (Å²) in [4.78, 5) is 22.1. The van der Waals surface area contributed by atoms with Gasteiger partial charge in [-0.25, -0.2) is 14.8 Å². The highest BCUT2D eigenvalue weighted by Gasteiger charge is 2.10. The third kappa shape index (κ3) is 4.52. The number of nitrogens with one attached hydrogen (secondary N) is 2. The zero-order valence-electron chi connectivity index (χ0n) is 15.4. The van der Waals surface area contributed by atoms with Crippen molar-refractivity contribution in [1.82, 2.24) is 9.97 Å². The van der Waals surface area contributed by atoms with Gasteiger partial charge >= 0.3 is 5.97 Å². The molecule has 0 aliphatic carbocycles. The predicted molar refractivity (Wildman–Crippen MR) is 108 cm³/mol. The van der Waals surface area contributed by atoms with Gasteiger partial charge in [0.15, 0.2) is 0 Å². The van der Waals surface area contributed by atoms with E-state index in [1.807, 2.05) is 43.3 Å². The highest BCUT2D eigenvalue weighted by molar-refractivity contribution is 5.95. The molecule has 0 saturated carbocycles. The monoisotopic (exact) mass is 363 g/mol. The molecule has 7 heteroatoms. The van der Waals surface area contributed by atoms with E-state index in [1.54, 1.807) is 37.3 Å². The Balaban J connectivity index is 1.83. The van der Waals surface area contributed by atoms with E-state index in [1.165, 1.54) is 0 Å². The third-order valence-electron chi connectivity index (χ3n) is 3.91. The first kappa shape index (κ1) is 18.2. The molecule has 7 nitrogen and oxygen atoms in total. The van der Waals surface area contributed by atoms with Gasteiger partial charge in [0.25, 0.3) is 0 Å². The lowest BCUT2D eigenvalue weighted by molar-refractivity contribution is 0.0698. The molecule has 0 aliphatic heterocycles. The Morgan fingerprint density at radius 2 is 1.59 bits per heavy atom. The number of aryl methyl sites for hydroxylation is 1. The fraction of sp³-hybridized carbons (Fsp3) is 0.150. The van der Waals surface area contributed by atoms with Crippen LogP contribution < -0.4 is 15.5 Å². The van der Waals surface area contributed by atoms with E-state index in [0.717, 1.165) is 11.4 Å². The lowest BCUT2D eigenvalue weighted by atomic mass is 10.2. The second kappa shape index (κ2) is 7.74. The Labute approximate surface area is 157 Å². The molecule has 1 heterocycles. The summed E-state index contributed by atoms with van der Waals surface area (Å²) in [7, 11) is 3.98. The van der Waals surface area contributed by atoms with E-state index < -0.39 is 5.97 Å². The summed E-state index contributed by atoms with van der Waals surface area (Å²) in [6.07, 6.45) is 0. The molecule has 0 fully saturated rings. The number of carboxylic acids is 1. The lowest BCUT2D eigenvalue weighted by Gasteiger charge is -2.14. The molecule has 2 aromatic carbocycles. The molecular formula is C20H21N5O2. The second-order valence-corrected chi connectivity index (χ2v) is 6.23. The molecule has 0 aliphatic rings. The molecular weight excluding hydrogens is 342 g/mol. The van der Waals surface area contributed by atoms with Crippen LogP contribution in [0.15, 0.2) is 54.6 Å². The Kier molecular flexibility index (Phi) is 5.21. The van der Waals surface area contributed by atoms with Gasteiger partial charge in [0.05, 0.1) is 11.3 Å². The molecule has 0 unspecified atom stereocenters. The predicted octanol–water partition coefficient (Wildman–Crippen LogP) is 4.04. The molecule has 3 aromatic rings. The van der Waals surface area contributed by atoms with Crippen molar-refractivity contribution in [2.24, 2.45) is 0 Å². The second-order valence-electron chi connectivity index (χ2n) is 6.23. The summed E-state index contributed by atoms with van der Waals surface area (Å²) in [6, 6.07) is 16.4. The molecule has 0 saturated heterocycles. The Hall–Kier alpha value is -3.61. The minimum atomic E-state index is -0.997. The van der Waals surface area contributed by atoms with Gasteiger partial charge in [-0.1, -0.05) is 12.1 Å². The fourth-order valence-electron chi connectivity index (χ4n) is 2.60. The topological polar surface area (TPSA) is 90.4 Å². The smallest absolute Gasteiger partial charge is 0.337 e. The number of hydrogen-bond acceptors (Lipinski definition) is 6. The number of carboxylic acid groups (broad SMARTS) is 1. The van der Waals surface area contributed by atoms with Gasteiger partial charge in [-0.05, 0) is 43.3 Å². The van der Waals surface area contributed by atoms with Crippen LogP contribution in [-0.4, -0.2) is 35.1 Å². The quantitative estimate of drug-likeness (QED) is 0.609. The summed E-state index contributed by atoms with van der Waals surface area (Å²) >= 11 is 0. The van der Waals surface area contributed by atoms with Gasteiger partial charge in [-0.15, -0.1) is 0 Å². The van der Waals surface area contributed by atoms with Gasteiger partial charge in [0.2, 0.25) is 0 Å². The minimum absolute atomic E-state index is 0.183. The van der Waals surface area contributed by atoms with E-state index in [4.69, 9.17) is 0 Å². The van der Waals surface area contributed by atoms with Gasteiger partial charge in [0, 0.05) is 31.5 Å². The number of benzene rings is 2. The Bertz CT molecular complexity index is 955. The van der Waals surface area contributed by atoms with Crippen molar-refractivity contribution in [3.05, 3.63) is 66.0 Å². The summed E-state index contributed by atoms with van der Waals surface area (Å²) in [5, 5.41) is 15.6. The van der Waals surface area contributed by atoms with E-state index in [2.05, 4.69) is 20.6 Å². The van der Waals surface area contributed by atoms with Crippen LogP contribution in [0.1, 0.15) is 16.2 Å². The normalized spacial score (nSPS) is 10.3. The maximum Gasteiger partial charge on any atom is 0.337 e. The van der Waals surface area contributed by atoms with E-state index in [-0.39, 0.29) is 5.56 Å². The maximum absolute atomic E-state index is 11.4. The Morgan fingerprint density at radius 1 is 0.963 bits per heavy atom. The van der Waals surface area contributed by atoms with Gasteiger partial charge in [-0.2, -0.15) is 0 Å². The number of aromatic nitrogens is 2. The van der Waals surface area contributed by atoms with Crippen molar-refractivity contribution in [3.63, 3.8) is 0 Å². The third-order valence-corrected chi connectivity index (χ3v) is 3.91. The van der Waals surface area contributed by atoms with Crippen LogP contribution in [0.3, 0.4) is 0 Å². The Morgan fingerprint density at radius 3 is 2.22 bits per heavy atom. The van der Waals surface area contributed by atoms with Crippen LogP contribution in [0.5, 0.6) is 0 Å². The molecule has 0 spiro atoms. The van der Waals surface area contributed by atoms with Crippen LogP contribution in [0.4, 0.5) is 28.7 Å². The number of hydrogen-bond donors (Lipinski definition) is 3. The number of rotatable bonds is 6. The summed E-state index contributed by atoms with van der Waals surface area (Å²) in [5.74, 6) is 0.711. The number of para-hydroxylation sites is 1. The zero-order chi connectivity index (χ0) is 19.4. The van der Waals surface area contributed by atoms with Crippen molar-refractivity contribution in [2.45, 2.75) is 6.92 Å². The fourth-order valence-corrected chi connectivity index (χ4v) is 2.60. The van der Waals surface area contributed by atoms with Crippen molar-refractivity contribution in [3.8, 4) is 0 Å². The first-order chi connectivity index (χ1) is 12.9. The van der Waals surface area contributed by atoms with Gasteiger partial charge < -0.3 is 20.6 Å². The van der Waals surface area contributed by atoms with Crippen LogP contribution in [0.2, 0.25) is 0 Å². The highest BCUT2D eigenvalue weighted by atomic mass is 16.4. The van der Waals surface area contributed by atoms with Crippen LogP contribution in [0, 0.1) is 6.92 Å². The number of aromatic carboxylic acids is 1. The summed E-state index contributed by atoms with van der Waals surface area (Å²) in [5.41, 5.74) is 2.66. The van der Waals surface area contributed by atoms with Gasteiger partial charge in [0.1, 0.15) is 17.5 Å². The molecule has 27 heavy (non-hydrogen) atoms. The molecule has 1 aromatic heterocycles. The average Bonchev–Trinajstić information content (AvgIpc) is 2.62. The van der Waals surface area contributed by atoms with Crippen molar-refractivity contribution < 1.29 is 9.90 Å². The van der Waals surface area contributed by atoms with Gasteiger partial charge in [-0.3, -0.25) is 0 Å². The maximum atomic E-state index is 11.4. The molecule has 3 rings (SSSR count). The highest BCUT2D eigenvalue weighted by Crippen LogP contribution is 2.24. The van der Waals surface area contributed by atoms with E-state index in [9.17, 15) is 9.90 Å². The van der Waals surface area contributed by atoms with Crippen molar-refractivity contribution in [1.29, 1.82) is 0 Å². The lowest BCUT2D eigenvalue weighted by Crippen LogP contribution is -2.08. The average molecular weight is 363 g/mol. The van der Waals surface area contributed by atoms with E-state index in [0.29, 0.717) is 23.1 Å². The number of carbonyl (C=O) groups is 1. The van der Waals surface area contributed by atoms with Crippen LogP contribution in [0.25, 0.3) is 0 Å². The molecule has 3 N–H and O–H groups in total. The number of anilines is 5. The largest absolute Gasteiger partial charge is 0.478 e. The van der Waals surface area contributed by atoms with Crippen LogP contribution in [-0.2, 0) is 0 Å². The molecule has 0 atom stereocenters. The van der Waals surface area contributed by atoms with Crippen LogP contribution >= 0.6 is 0 Å². The van der Waals surface area contributed by atoms with E-state index >= 15 is 0 Å². The zero-order valence-corrected chi connectivity index (χ0v) is 15.4. The molecule has 0 bridgehead atoms. The molecule has 0 amide bonds. The first-order valence-electron chi connectivity index (χ1n) is 8.42. The summed E-state index contributed by atoms with van der Waals surface area (Å²) < 4.78 is 0. The standard InChI is InChI=1S/C20H21N5O2/c1-13-21-18(23-14-8-10-15(11-9-14)25(2)3)12-19(22-13)24-17-7-5-4-6-16(17)20(26)27/h4-12H,1-3H3,(H,26,27)(H2,21,22,23,24).